The minimum Gasteiger partial charge on any atom is -0.497 e. The lowest BCUT2D eigenvalue weighted by Crippen LogP contribution is -2.29. The van der Waals surface area contributed by atoms with Crippen molar-refractivity contribution in [1.29, 1.82) is 0 Å². The number of carbonyl (C=O) groups is 1. The van der Waals surface area contributed by atoms with Gasteiger partial charge in [-0.2, -0.15) is 4.98 Å². The largest absolute Gasteiger partial charge is 0.497 e. The molecule has 0 aliphatic carbocycles. The van der Waals surface area contributed by atoms with Crippen LogP contribution in [0, 0.1) is 0 Å². The fourth-order valence-electron chi connectivity index (χ4n) is 3.12. The quantitative estimate of drug-likeness (QED) is 0.438. The number of benzene rings is 2. The Balaban J connectivity index is 1.64. The number of carbonyl (C=O) groups excluding carboxylic acids is 1. The lowest BCUT2D eigenvalue weighted by atomic mass is 10.1. The van der Waals surface area contributed by atoms with E-state index in [9.17, 15) is 4.79 Å². The van der Waals surface area contributed by atoms with Crippen molar-refractivity contribution in [3.05, 3.63) is 82.4 Å². The van der Waals surface area contributed by atoms with Crippen LogP contribution in [0.15, 0.2) is 70.6 Å². The van der Waals surface area contributed by atoms with Gasteiger partial charge >= 0.3 is 0 Å². The Labute approximate surface area is 183 Å². The van der Waals surface area contributed by atoms with E-state index in [1.807, 2.05) is 41.8 Å². The van der Waals surface area contributed by atoms with Gasteiger partial charge in [-0.15, -0.1) is 11.3 Å². The van der Waals surface area contributed by atoms with Gasteiger partial charge in [-0.1, -0.05) is 41.6 Å². The molecule has 8 heteroatoms. The first-order chi connectivity index (χ1) is 15.2. The number of hydrogen-bond donors (Lipinski definition) is 1. The topological polar surface area (TPSA) is 86.5 Å². The van der Waals surface area contributed by atoms with Gasteiger partial charge in [-0.3, -0.25) is 4.79 Å². The monoisotopic (exact) mass is 435 g/mol. The zero-order valence-corrected chi connectivity index (χ0v) is 17.9. The van der Waals surface area contributed by atoms with E-state index in [4.69, 9.17) is 14.0 Å². The number of nitrogens with one attached hydrogen (secondary N) is 1. The number of ether oxygens (including phenoxy) is 2. The molecule has 2 aromatic carbocycles. The molecule has 0 radical (unpaired) electrons. The van der Waals surface area contributed by atoms with Crippen LogP contribution in [-0.4, -0.2) is 30.3 Å². The van der Waals surface area contributed by atoms with E-state index in [1.165, 1.54) is 11.3 Å². The summed E-state index contributed by atoms with van der Waals surface area (Å²) >= 11 is 1.38. The van der Waals surface area contributed by atoms with Crippen LogP contribution < -0.4 is 14.8 Å². The Kier molecular flexibility index (Phi) is 6.28. The van der Waals surface area contributed by atoms with Crippen molar-refractivity contribution in [3.8, 4) is 22.9 Å². The molecule has 0 bridgehead atoms. The summed E-state index contributed by atoms with van der Waals surface area (Å²) in [5, 5.41) is 9.01. The van der Waals surface area contributed by atoms with Crippen LogP contribution in [0.1, 0.15) is 27.2 Å². The molecule has 4 rings (SSSR count). The van der Waals surface area contributed by atoms with Crippen molar-refractivity contribution in [1.82, 2.24) is 15.5 Å². The summed E-state index contributed by atoms with van der Waals surface area (Å²) in [4.78, 5) is 17.9. The lowest BCUT2D eigenvalue weighted by molar-refractivity contribution is 0.0932. The number of thiophene rings is 1. The number of aromatic nitrogens is 2. The molecule has 0 fully saturated rings. The third kappa shape index (κ3) is 4.92. The van der Waals surface area contributed by atoms with Crippen molar-refractivity contribution in [2.75, 3.05) is 14.2 Å². The Hall–Kier alpha value is -3.65. The van der Waals surface area contributed by atoms with Gasteiger partial charge in [0.2, 0.25) is 11.7 Å². The molecule has 0 saturated heterocycles. The van der Waals surface area contributed by atoms with Crippen molar-refractivity contribution >= 4 is 17.2 Å². The number of nitrogens with zero attached hydrogens (tertiary/aromatic N) is 2. The second kappa shape index (κ2) is 9.44. The van der Waals surface area contributed by atoms with Crippen LogP contribution in [-0.2, 0) is 6.42 Å². The smallest absolute Gasteiger partial charge is 0.262 e. The molecule has 158 valence electrons. The van der Waals surface area contributed by atoms with Crippen LogP contribution in [0.25, 0.3) is 11.4 Å². The first-order valence-corrected chi connectivity index (χ1v) is 10.5. The average molecular weight is 436 g/mol. The highest BCUT2D eigenvalue weighted by atomic mass is 32.1. The van der Waals surface area contributed by atoms with E-state index in [1.54, 1.807) is 38.5 Å². The van der Waals surface area contributed by atoms with Gasteiger partial charge in [0, 0.05) is 18.1 Å². The molecule has 0 saturated carbocycles. The predicted molar refractivity (Wildman–Crippen MR) is 118 cm³/mol. The molecule has 7 nitrogen and oxygen atoms in total. The van der Waals surface area contributed by atoms with Crippen LogP contribution in [0.4, 0.5) is 0 Å². The van der Waals surface area contributed by atoms with E-state index in [-0.39, 0.29) is 5.91 Å². The second-order valence-electron chi connectivity index (χ2n) is 6.75. The van der Waals surface area contributed by atoms with Gasteiger partial charge in [0.1, 0.15) is 17.5 Å². The summed E-state index contributed by atoms with van der Waals surface area (Å²) in [6.45, 7) is 0. The maximum Gasteiger partial charge on any atom is 0.262 e. The van der Waals surface area contributed by atoms with Crippen LogP contribution in [0.5, 0.6) is 11.5 Å². The van der Waals surface area contributed by atoms with Crippen LogP contribution >= 0.6 is 11.3 Å². The predicted octanol–water partition coefficient (Wildman–Crippen LogP) is 4.53. The van der Waals surface area contributed by atoms with Crippen molar-refractivity contribution in [2.24, 2.45) is 0 Å². The molecule has 0 aliphatic rings. The van der Waals surface area contributed by atoms with Gasteiger partial charge in [-0.25, -0.2) is 0 Å². The summed E-state index contributed by atoms with van der Waals surface area (Å²) in [6.07, 6.45) is 0.515. The second-order valence-corrected chi connectivity index (χ2v) is 7.70. The molecule has 4 aromatic rings. The molecule has 0 spiro atoms. The van der Waals surface area contributed by atoms with Crippen molar-refractivity contribution in [2.45, 2.75) is 12.5 Å². The minimum absolute atomic E-state index is 0.182. The molecule has 31 heavy (non-hydrogen) atoms. The van der Waals surface area contributed by atoms with E-state index in [0.29, 0.717) is 40.1 Å². The molecule has 1 atom stereocenters. The number of methoxy groups -OCH3 is 2. The lowest BCUT2D eigenvalue weighted by Gasteiger charge is -2.14. The molecular weight excluding hydrogens is 414 g/mol. The number of rotatable bonds is 8. The highest BCUT2D eigenvalue weighted by Gasteiger charge is 2.23. The number of hydrogen-bond acceptors (Lipinski definition) is 7. The summed E-state index contributed by atoms with van der Waals surface area (Å²) in [5.41, 5.74) is 1.73. The molecule has 2 aromatic heterocycles. The maximum absolute atomic E-state index is 12.7. The fraction of sp³-hybridized carbons (Fsp3) is 0.174. The molecule has 2 heterocycles. The van der Waals surface area contributed by atoms with Gasteiger partial charge in [0.05, 0.1) is 19.1 Å². The van der Waals surface area contributed by atoms with E-state index >= 15 is 0 Å². The summed E-state index contributed by atoms with van der Waals surface area (Å²) in [6, 6.07) is 18.3. The third-order valence-corrected chi connectivity index (χ3v) is 5.55. The molecule has 1 amide bonds. The molecule has 1 N–H and O–H groups in total. The van der Waals surface area contributed by atoms with Crippen molar-refractivity contribution < 1.29 is 18.8 Å². The Bertz CT molecular complexity index is 1120. The SMILES string of the molecule is COc1cc(OC)cc(-c2noc([C@H](Cc3ccccc3)NC(=O)c3cccs3)n2)c1. The summed E-state index contributed by atoms with van der Waals surface area (Å²) in [5.74, 6) is 1.76. The fourth-order valence-corrected chi connectivity index (χ4v) is 3.74. The summed E-state index contributed by atoms with van der Waals surface area (Å²) in [7, 11) is 3.16. The average Bonchev–Trinajstić information content (AvgIpc) is 3.51. The van der Waals surface area contributed by atoms with Gasteiger partial charge < -0.3 is 19.3 Å². The molecule has 0 unspecified atom stereocenters. The van der Waals surface area contributed by atoms with E-state index in [2.05, 4.69) is 15.5 Å². The number of amides is 1. The van der Waals surface area contributed by atoms with Gasteiger partial charge in [0.15, 0.2) is 0 Å². The first kappa shape index (κ1) is 20.6. The normalized spacial score (nSPS) is 11.7. The first-order valence-electron chi connectivity index (χ1n) is 9.61. The standard InChI is InChI=1S/C23H21N3O4S/c1-28-17-12-16(13-18(14-17)29-2)21-25-23(30-26-21)19(11-15-7-4-3-5-8-15)24-22(27)20-9-6-10-31-20/h3-10,12-14,19H,11H2,1-2H3,(H,24,27)/t19-/m0/s1. The van der Waals surface area contributed by atoms with E-state index < -0.39 is 6.04 Å². The van der Waals surface area contributed by atoms with Crippen LogP contribution in [0.2, 0.25) is 0 Å². The Morgan fingerprint density at radius 1 is 1.06 bits per heavy atom. The zero-order valence-electron chi connectivity index (χ0n) is 17.1. The molecule has 0 aliphatic heterocycles. The summed E-state index contributed by atoms with van der Waals surface area (Å²) < 4.78 is 16.2. The highest BCUT2D eigenvalue weighted by molar-refractivity contribution is 7.12. The van der Waals surface area contributed by atoms with Crippen LogP contribution in [0.3, 0.4) is 0 Å². The third-order valence-electron chi connectivity index (χ3n) is 4.68. The Morgan fingerprint density at radius 3 is 2.45 bits per heavy atom. The zero-order chi connectivity index (χ0) is 21.6. The van der Waals surface area contributed by atoms with E-state index in [0.717, 1.165) is 5.56 Å². The highest BCUT2D eigenvalue weighted by Crippen LogP contribution is 2.29. The van der Waals surface area contributed by atoms with Gasteiger partial charge in [0.25, 0.3) is 5.91 Å². The maximum atomic E-state index is 12.7. The molecular formula is C23H21N3O4S. The Morgan fingerprint density at radius 2 is 1.81 bits per heavy atom. The van der Waals surface area contributed by atoms with Crippen molar-refractivity contribution in [3.63, 3.8) is 0 Å². The van der Waals surface area contributed by atoms with Gasteiger partial charge in [-0.05, 0) is 29.1 Å². The minimum atomic E-state index is -0.481.